The zero-order valence-electron chi connectivity index (χ0n) is 14.3. The van der Waals surface area contributed by atoms with Crippen LogP contribution in [0.15, 0.2) is 72.8 Å². The van der Waals surface area contributed by atoms with Crippen LogP contribution in [0.25, 0.3) is 0 Å². The molecule has 0 saturated carbocycles. The van der Waals surface area contributed by atoms with Gasteiger partial charge in [-0.15, -0.1) is 0 Å². The summed E-state index contributed by atoms with van der Waals surface area (Å²) < 4.78 is 17.2. The Balaban J connectivity index is 1.61. The van der Waals surface area contributed by atoms with E-state index < -0.39 is 0 Å². The van der Waals surface area contributed by atoms with Gasteiger partial charge in [0.1, 0.15) is 34.1 Å². The summed E-state index contributed by atoms with van der Waals surface area (Å²) in [7, 11) is 0. The highest BCUT2D eigenvalue weighted by Crippen LogP contribution is 2.32. The lowest BCUT2D eigenvalue weighted by Gasteiger charge is -2.10. The van der Waals surface area contributed by atoms with E-state index in [1.807, 2.05) is 66.1 Å². The third-order valence-electron chi connectivity index (χ3n) is 3.45. The van der Waals surface area contributed by atoms with Gasteiger partial charge >= 0.3 is 0 Å². The fourth-order valence-electron chi connectivity index (χ4n) is 2.24. The van der Waals surface area contributed by atoms with Gasteiger partial charge in [0.15, 0.2) is 0 Å². The van der Waals surface area contributed by atoms with Crippen molar-refractivity contribution < 1.29 is 14.2 Å². The second-order valence-electron chi connectivity index (χ2n) is 5.37. The van der Waals surface area contributed by atoms with Crippen molar-refractivity contribution in [2.75, 3.05) is 12.4 Å². The lowest BCUT2D eigenvalue weighted by atomic mass is 10.3. The molecule has 0 aliphatic rings. The number of hydrogen-bond donors (Lipinski definition) is 0. The molecule has 0 aliphatic carbocycles. The Hall–Kier alpha value is -2.81. The normalized spacial score (nSPS) is 10.1. The van der Waals surface area contributed by atoms with Crippen molar-refractivity contribution in [3.8, 4) is 34.1 Å². The van der Waals surface area contributed by atoms with Crippen LogP contribution in [0.4, 0.5) is 0 Å². The maximum Gasteiger partial charge on any atom is 0.146 e. The van der Waals surface area contributed by atoms with Crippen LogP contribution in [0.3, 0.4) is 0 Å². The third kappa shape index (κ3) is 5.85. The Morgan fingerprint density at radius 1 is 0.815 bits per heavy atom. The molecule has 3 rings (SSSR count). The van der Waals surface area contributed by atoms with Gasteiger partial charge in [-0.3, -0.25) is 0 Å². The lowest BCUT2D eigenvalue weighted by Crippen LogP contribution is -1.99. The van der Waals surface area contributed by atoms with E-state index in [2.05, 4.69) is 0 Å². The fraction of sp³-hybridized carbons (Fsp3) is 0.0952. The molecule has 3 aromatic rings. The van der Waals surface area contributed by atoms with Crippen molar-refractivity contribution in [2.24, 2.45) is 0 Å². The highest BCUT2D eigenvalue weighted by molar-refractivity contribution is 8.03. The van der Waals surface area contributed by atoms with E-state index in [4.69, 9.17) is 31.1 Å². The number of thiocyanates is 1. The Bertz CT molecular complexity index is 925. The predicted octanol–water partition coefficient (Wildman–Crippen LogP) is 6.52. The summed E-state index contributed by atoms with van der Waals surface area (Å²) in [6.07, 6.45) is 0. The molecule has 0 atom stereocenters. The molecule has 6 heteroatoms. The van der Waals surface area contributed by atoms with E-state index in [0.29, 0.717) is 40.4 Å². The zero-order chi connectivity index (χ0) is 18.9. The maximum atomic E-state index is 8.48. The average Bonchev–Trinajstić information content (AvgIpc) is 2.69. The molecule has 0 unspecified atom stereocenters. The van der Waals surface area contributed by atoms with E-state index in [-0.39, 0.29) is 0 Å². The first-order chi connectivity index (χ1) is 13.2. The van der Waals surface area contributed by atoms with Gasteiger partial charge in [0.25, 0.3) is 0 Å². The minimum Gasteiger partial charge on any atom is -0.493 e. The largest absolute Gasteiger partial charge is 0.493 e. The van der Waals surface area contributed by atoms with Gasteiger partial charge < -0.3 is 14.2 Å². The molecule has 0 aromatic heterocycles. The number of nitriles is 1. The minimum atomic E-state index is 0.486. The summed E-state index contributed by atoms with van der Waals surface area (Å²) in [6.45, 7) is 0.486. The van der Waals surface area contributed by atoms with Crippen LogP contribution in [-0.4, -0.2) is 12.4 Å². The van der Waals surface area contributed by atoms with E-state index in [0.717, 1.165) is 5.75 Å². The minimum absolute atomic E-state index is 0.486. The van der Waals surface area contributed by atoms with E-state index >= 15 is 0 Å². The molecule has 0 radical (unpaired) electrons. The smallest absolute Gasteiger partial charge is 0.146 e. The van der Waals surface area contributed by atoms with Gasteiger partial charge in [-0.2, -0.15) is 5.26 Å². The highest BCUT2D eigenvalue weighted by Gasteiger charge is 2.05. The first-order valence-electron chi connectivity index (χ1n) is 8.18. The molecule has 27 heavy (non-hydrogen) atoms. The van der Waals surface area contributed by atoms with Crippen LogP contribution < -0.4 is 14.2 Å². The number of halogens is 1. The Kier molecular flexibility index (Phi) is 6.86. The lowest BCUT2D eigenvalue weighted by molar-refractivity contribution is 0.343. The van der Waals surface area contributed by atoms with Crippen molar-refractivity contribution in [1.29, 1.82) is 5.26 Å². The molecular formula is C21H16ClNO3S. The molecule has 0 spiro atoms. The SMILES string of the molecule is N#CSCCOc1ccc(Oc2cccc(Oc3ccccc3Cl)c2)cc1. The number of ether oxygens (including phenoxy) is 3. The van der Waals surface area contributed by atoms with Gasteiger partial charge in [0.05, 0.1) is 11.6 Å². The zero-order valence-corrected chi connectivity index (χ0v) is 15.9. The van der Waals surface area contributed by atoms with Crippen LogP contribution in [0, 0.1) is 10.7 Å². The predicted molar refractivity (Wildman–Crippen MR) is 108 cm³/mol. The Morgan fingerprint density at radius 3 is 2.26 bits per heavy atom. The van der Waals surface area contributed by atoms with Gasteiger partial charge in [-0.1, -0.05) is 29.8 Å². The first-order valence-corrected chi connectivity index (χ1v) is 9.55. The summed E-state index contributed by atoms with van der Waals surface area (Å²) in [5, 5.41) is 11.0. The van der Waals surface area contributed by atoms with Crippen LogP contribution >= 0.6 is 23.4 Å². The van der Waals surface area contributed by atoms with Crippen molar-refractivity contribution in [2.45, 2.75) is 0 Å². The fourth-order valence-corrected chi connectivity index (χ4v) is 2.67. The molecule has 136 valence electrons. The quantitative estimate of drug-likeness (QED) is 0.320. The summed E-state index contributed by atoms with van der Waals surface area (Å²) >= 11 is 7.30. The molecule has 0 heterocycles. The van der Waals surface area contributed by atoms with Crippen LogP contribution in [0.2, 0.25) is 5.02 Å². The Morgan fingerprint density at radius 2 is 1.52 bits per heavy atom. The van der Waals surface area contributed by atoms with Crippen molar-refractivity contribution in [3.05, 3.63) is 77.8 Å². The van der Waals surface area contributed by atoms with Gasteiger partial charge in [-0.05, 0) is 60.3 Å². The van der Waals surface area contributed by atoms with E-state index in [1.54, 1.807) is 12.1 Å². The number of hydrogen-bond acceptors (Lipinski definition) is 5. The van der Waals surface area contributed by atoms with Crippen LogP contribution in [-0.2, 0) is 0 Å². The molecule has 0 bridgehead atoms. The average molecular weight is 398 g/mol. The van der Waals surface area contributed by atoms with Crippen LogP contribution in [0.1, 0.15) is 0 Å². The molecule has 4 nitrogen and oxygen atoms in total. The third-order valence-corrected chi connectivity index (χ3v) is 4.26. The molecular weight excluding hydrogens is 382 g/mol. The maximum absolute atomic E-state index is 8.48. The first kappa shape index (κ1) is 19.0. The number of para-hydroxylation sites is 1. The van der Waals surface area contributed by atoms with Gasteiger partial charge in [-0.25, -0.2) is 0 Å². The molecule has 0 fully saturated rings. The van der Waals surface area contributed by atoms with Crippen molar-refractivity contribution >= 4 is 23.4 Å². The standard InChI is InChI=1S/C21H16ClNO3S/c22-20-6-1-2-7-21(20)26-19-5-3-4-18(14-19)25-17-10-8-16(9-11-17)24-12-13-27-15-23/h1-11,14H,12-13H2. The summed E-state index contributed by atoms with van der Waals surface area (Å²) in [5.41, 5.74) is 0. The summed E-state index contributed by atoms with van der Waals surface area (Å²) in [4.78, 5) is 0. The van der Waals surface area contributed by atoms with Crippen molar-refractivity contribution in [3.63, 3.8) is 0 Å². The monoisotopic (exact) mass is 397 g/mol. The topological polar surface area (TPSA) is 51.5 Å². The van der Waals surface area contributed by atoms with Crippen LogP contribution in [0.5, 0.6) is 28.7 Å². The number of thioether (sulfide) groups is 1. The van der Waals surface area contributed by atoms with Gasteiger partial charge in [0.2, 0.25) is 0 Å². The molecule has 0 amide bonds. The molecule has 3 aromatic carbocycles. The Labute approximate surface area is 167 Å². The van der Waals surface area contributed by atoms with E-state index in [1.165, 1.54) is 11.8 Å². The van der Waals surface area contributed by atoms with Gasteiger partial charge in [0, 0.05) is 11.8 Å². The van der Waals surface area contributed by atoms with E-state index in [9.17, 15) is 0 Å². The number of nitrogens with zero attached hydrogens (tertiary/aromatic N) is 1. The number of rotatable bonds is 8. The van der Waals surface area contributed by atoms with Crippen molar-refractivity contribution in [1.82, 2.24) is 0 Å². The highest BCUT2D eigenvalue weighted by atomic mass is 35.5. The summed E-state index contributed by atoms with van der Waals surface area (Å²) in [6, 6.07) is 22.0. The summed E-state index contributed by atoms with van der Waals surface area (Å²) in [5.74, 6) is 3.93. The second-order valence-corrected chi connectivity index (χ2v) is 6.66. The number of benzene rings is 3. The second kappa shape index (κ2) is 9.77. The molecule has 0 aliphatic heterocycles. The molecule has 0 N–H and O–H groups in total. The molecule has 0 saturated heterocycles.